The van der Waals surface area contributed by atoms with Crippen molar-refractivity contribution in [2.24, 2.45) is 0 Å². The van der Waals surface area contributed by atoms with Crippen LogP contribution in [0.25, 0.3) is 0 Å². The zero-order valence-corrected chi connectivity index (χ0v) is 9.17. The molecule has 0 fully saturated rings. The van der Waals surface area contributed by atoms with Gasteiger partial charge in [-0.25, -0.2) is 4.98 Å². The number of hydrogen-bond donors (Lipinski definition) is 2. The third kappa shape index (κ3) is 3.81. The molecule has 1 heterocycles. The van der Waals surface area contributed by atoms with E-state index < -0.39 is 0 Å². The van der Waals surface area contributed by atoms with Gasteiger partial charge in [0.05, 0.1) is 0 Å². The molecule has 0 aliphatic heterocycles. The topological polar surface area (TPSA) is 54.2 Å². The molecular formula is C9H15ClN4. The number of hydrogen-bond acceptors (Lipinski definition) is 4. The molecule has 0 saturated carbocycles. The van der Waals surface area contributed by atoms with E-state index in [9.17, 15) is 0 Å². The number of anilines is 2. The van der Waals surface area contributed by atoms with Crippen LogP contribution < -0.4 is 11.1 Å². The van der Waals surface area contributed by atoms with E-state index in [4.69, 9.17) is 17.3 Å². The van der Waals surface area contributed by atoms with Crippen molar-refractivity contribution in [2.45, 2.75) is 0 Å². The van der Waals surface area contributed by atoms with E-state index >= 15 is 0 Å². The second kappa shape index (κ2) is 5.02. The van der Waals surface area contributed by atoms with Crippen molar-refractivity contribution < 1.29 is 0 Å². The van der Waals surface area contributed by atoms with Gasteiger partial charge >= 0.3 is 0 Å². The summed E-state index contributed by atoms with van der Waals surface area (Å²) >= 11 is 5.75. The van der Waals surface area contributed by atoms with Gasteiger partial charge in [0.2, 0.25) is 0 Å². The molecule has 0 atom stereocenters. The van der Waals surface area contributed by atoms with Crippen molar-refractivity contribution in [3.63, 3.8) is 0 Å². The Morgan fingerprint density at radius 3 is 2.79 bits per heavy atom. The van der Waals surface area contributed by atoms with E-state index in [0.717, 1.165) is 18.9 Å². The highest BCUT2D eigenvalue weighted by molar-refractivity contribution is 6.29. The zero-order valence-electron chi connectivity index (χ0n) is 8.42. The molecule has 0 aliphatic carbocycles. The van der Waals surface area contributed by atoms with Gasteiger partial charge in [-0.1, -0.05) is 11.6 Å². The zero-order chi connectivity index (χ0) is 10.6. The maximum absolute atomic E-state index is 5.75. The molecule has 4 nitrogen and oxygen atoms in total. The average molecular weight is 215 g/mol. The third-order valence-corrected chi connectivity index (χ3v) is 1.88. The fraction of sp³-hybridized carbons (Fsp3) is 0.444. The van der Waals surface area contributed by atoms with Crippen molar-refractivity contribution in [3.05, 3.63) is 17.3 Å². The van der Waals surface area contributed by atoms with Crippen molar-refractivity contribution in [2.75, 3.05) is 38.2 Å². The predicted octanol–water partition coefficient (Wildman–Crippen LogP) is 1.29. The molecule has 0 aromatic carbocycles. The molecule has 0 radical (unpaired) electrons. The first kappa shape index (κ1) is 11.1. The van der Waals surface area contributed by atoms with E-state index in [2.05, 4.69) is 15.2 Å². The normalized spacial score (nSPS) is 10.6. The predicted molar refractivity (Wildman–Crippen MR) is 60.7 cm³/mol. The van der Waals surface area contributed by atoms with Gasteiger partial charge in [0.1, 0.15) is 11.0 Å². The number of rotatable bonds is 4. The fourth-order valence-electron chi connectivity index (χ4n) is 1.01. The van der Waals surface area contributed by atoms with Gasteiger partial charge in [-0.2, -0.15) is 0 Å². The van der Waals surface area contributed by atoms with Crippen LogP contribution in [0.15, 0.2) is 12.1 Å². The van der Waals surface area contributed by atoms with Gasteiger partial charge in [-0.05, 0) is 20.2 Å². The van der Waals surface area contributed by atoms with E-state index in [1.54, 1.807) is 12.1 Å². The standard InChI is InChI=1S/C9H15ClN4/c1-14(2)4-3-12-9-6-7(11)5-8(10)13-9/h5-6H,3-4H2,1-2H3,(H3,11,12,13). The van der Waals surface area contributed by atoms with Crippen molar-refractivity contribution >= 4 is 23.1 Å². The summed E-state index contributed by atoms with van der Waals surface area (Å²) in [6, 6.07) is 3.39. The van der Waals surface area contributed by atoms with E-state index in [1.165, 1.54) is 0 Å². The molecule has 78 valence electrons. The average Bonchev–Trinajstić information content (AvgIpc) is 2.01. The molecule has 14 heavy (non-hydrogen) atoms. The number of halogens is 1. The molecule has 0 aliphatic rings. The van der Waals surface area contributed by atoms with Crippen LogP contribution in [0.4, 0.5) is 11.5 Å². The first-order chi connectivity index (χ1) is 6.58. The molecule has 0 saturated heterocycles. The second-order valence-corrected chi connectivity index (χ2v) is 3.73. The van der Waals surface area contributed by atoms with Crippen LogP contribution >= 0.6 is 11.6 Å². The Kier molecular flexibility index (Phi) is 3.98. The lowest BCUT2D eigenvalue weighted by Gasteiger charge is -2.11. The minimum Gasteiger partial charge on any atom is -0.399 e. The highest BCUT2D eigenvalue weighted by atomic mass is 35.5. The van der Waals surface area contributed by atoms with E-state index in [-0.39, 0.29) is 0 Å². The minimum absolute atomic E-state index is 0.414. The molecule has 0 amide bonds. The van der Waals surface area contributed by atoms with Gasteiger partial charge < -0.3 is 16.0 Å². The summed E-state index contributed by atoms with van der Waals surface area (Å²) in [5, 5.41) is 3.55. The summed E-state index contributed by atoms with van der Waals surface area (Å²) in [6.45, 7) is 1.76. The highest BCUT2D eigenvalue weighted by Crippen LogP contribution is 2.15. The number of aromatic nitrogens is 1. The number of nitrogens with zero attached hydrogens (tertiary/aromatic N) is 2. The van der Waals surface area contributed by atoms with Gasteiger partial charge in [-0.15, -0.1) is 0 Å². The SMILES string of the molecule is CN(C)CCNc1cc(N)cc(Cl)n1. The smallest absolute Gasteiger partial charge is 0.133 e. The lowest BCUT2D eigenvalue weighted by atomic mass is 10.4. The minimum atomic E-state index is 0.414. The molecule has 5 heteroatoms. The van der Waals surface area contributed by atoms with Gasteiger partial charge in [0.25, 0.3) is 0 Å². The second-order valence-electron chi connectivity index (χ2n) is 3.34. The number of likely N-dealkylation sites (N-methyl/N-ethyl adjacent to an activating group) is 1. The van der Waals surface area contributed by atoms with E-state index in [1.807, 2.05) is 14.1 Å². The Morgan fingerprint density at radius 2 is 2.21 bits per heavy atom. The van der Waals surface area contributed by atoms with Gasteiger partial charge in [0.15, 0.2) is 0 Å². The quantitative estimate of drug-likeness (QED) is 0.742. The van der Waals surface area contributed by atoms with Gasteiger partial charge in [-0.3, -0.25) is 0 Å². The molecule has 3 N–H and O–H groups in total. The van der Waals surface area contributed by atoms with E-state index in [0.29, 0.717) is 10.8 Å². The molecular weight excluding hydrogens is 200 g/mol. The fourth-order valence-corrected chi connectivity index (χ4v) is 1.23. The van der Waals surface area contributed by atoms with Crippen LogP contribution in [0.5, 0.6) is 0 Å². The summed E-state index contributed by atoms with van der Waals surface area (Å²) in [7, 11) is 4.03. The first-order valence-electron chi connectivity index (χ1n) is 4.39. The van der Waals surface area contributed by atoms with Crippen LogP contribution in [0.3, 0.4) is 0 Å². The number of nitrogen functional groups attached to an aromatic ring is 1. The van der Waals surface area contributed by atoms with Crippen LogP contribution in [0.2, 0.25) is 5.15 Å². The Labute approximate surface area is 89.1 Å². The van der Waals surface area contributed by atoms with Gasteiger partial charge in [0, 0.05) is 24.8 Å². The Balaban J connectivity index is 2.50. The van der Waals surface area contributed by atoms with Crippen LogP contribution in [0, 0.1) is 0 Å². The summed E-state index contributed by atoms with van der Waals surface area (Å²) in [6.07, 6.45) is 0. The van der Waals surface area contributed by atoms with Crippen molar-refractivity contribution in [1.29, 1.82) is 0 Å². The number of nitrogens with two attached hydrogens (primary N) is 1. The highest BCUT2D eigenvalue weighted by Gasteiger charge is 1.98. The molecule has 1 aromatic heterocycles. The third-order valence-electron chi connectivity index (χ3n) is 1.68. The number of pyridine rings is 1. The van der Waals surface area contributed by atoms with Crippen molar-refractivity contribution in [1.82, 2.24) is 9.88 Å². The maximum Gasteiger partial charge on any atom is 0.133 e. The molecule has 0 bridgehead atoms. The Morgan fingerprint density at radius 1 is 1.50 bits per heavy atom. The lowest BCUT2D eigenvalue weighted by molar-refractivity contribution is 0.425. The summed E-state index contributed by atoms with van der Waals surface area (Å²) < 4.78 is 0. The molecule has 1 rings (SSSR count). The Bertz CT molecular complexity index is 281. The Hall–Kier alpha value is -1.00. The largest absolute Gasteiger partial charge is 0.399 e. The number of nitrogens with one attached hydrogen (secondary N) is 1. The monoisotopic (exact) mass is 214 g/mol. The molecule has 0 spiro atoms. The molecule has 1 aromatic rings. The lowest BCUT2D eigenvalue weighted by Crippen LogP contribution is -2.21. The van der Waals surface area contributed by atoms with Crippen molar-refractivity contribution in [3.8, 4) is 0 Å². The first-order valence-corrected chi connectivity index (χ1v) is 4.77. The summed E-state index contributed by atoms with van der Waals surface area (Å²) in [5.74, 6) is 0.719. The van der Waals surface area contributed by atoms with Crippen LogP contribution in [-0.2, 0) is 0 Å². The summed E-state index contributed by atoms with van der Waals surface area (Å²) in [5.41, 5.74) is 6.24. The maximum atomic E-state index is 5.75. The molecule has 0 unspecified atom stereocenters. The summed E-state index contributed by atoms with van der Waals surface area (Å²) in [4.78, 5) is 6.17. The van der Waals surface area contributed by atoms with Crippen LogP contribution in [0.1, 0.15) is 0 Å². The van der Waals surface area contributed by atoms with Crippen LogP contribution in [-0.4, -0.2) is 37.1 Å².